The molecule has 1 atom stereocenters. The van der Waals surface area contributed by atoms with Crippen molar-refractivity contribution in [2.45, 2.75) is 19.4 Å². The third-order valence-electron chi connectivity index (χ3n) is 4.58. The van der Waals surface area contributed by atoms with E-state index >= 15 is 0 Å². The number of nitrogens with zero attached hydrogens (tertiary/aromatic N) is 3. The number of benzene rings is 1. The zero-order chi connectivity index (χ0) is 16.8. The van der Waals surface area contributed by atoms with Crippen molar-refractivity contribution in [1.82, 2.24) is 14.5 Å². The molecule has 24 heavy (non-hydrogen) atoms. The molecule has 0 aliphatic carbocycles. The highest BCUT2D eigenvalue weighted by atomic mass is 79.9. The zero-order valence-electron chi connectivity index (χ0n) is 13.0. The molecule has 3 heterocycles. The molecule has 4 nitrogen and oxygen atoms in total. The van der Waals surface area contributed by atoms with E-state index in [1.54, 1.807) is 16.8 Å². The predicted octanol–water partition coefficient (Wildman–Crippen LogP) is 4.51. The van der Waals surface area contributed by atoms with Gasteiger partial charge in [-0.3, -0.25) is 4.79 Å². The van der Waals surface area contributed by atoms with E-state index in [2.05, 4.69) is 40.1 Å². The number of carbonyl (C=O) groups excluding carboxylic acids is 1. The van der Waals surface area contributed by atoms with Crippen LogP contribution in [-0.4, -0.2) is 27.0 Å². The fourth-order valence-electron chi connectivity index (χ4n) is 3.31. The van der Waals surface area contributed by atoms with Gasteiger partial charge in [0.2, 0.25) is 0 Å². The fraction of sp³-hybridized carbons (Fsp3) is 0.222. The van der Waals surface area contributed by atoms with Crippen molar-refractivity contribution in [2.75, 3.05) is 6.54 Å². The SMILES string of the molecule is CC1c2cccc(Br)c2CCN1C(=O)c1cc2ccc(Cl)cn2n1. The lowest BCUT2D eigenvalue weighted by atomic mass is 9.93. The van der Waals surface area contributed by atoms with Gasteiger partial charge in [-0.1, -0.05) is 39.7 Å². The van der Waals surface area contributed by atoms with Crippen LogP contribution in [0.2, 0.25) is 5.02 Å². The minimum atomic E-state index is -0.0482. The Morgan fingerprint density at radius 3 is 3.00 bits per heavy atom. The molecule has 3 aromatic rings. The summed E-state index contributed by atoms with van der Waals surface area (Å²) in [4.78, 5) is 14.9. The monoisotopic (exact) mass is 403 g/mol. The molecule has 2 aromatic heterocycles. The summed E-state index contributed by atoms with van der Waals surface area (Å²) < 4.78 is 2.76. The Balaban J connectivity index is 1.69. The summed E-state index contributed by atoms with van der Waals surface area (Å²) in [5, 5.41) is 4.98. The van der Waals surface area contributed by atoms with Gasteiger partial charge in [-0.2, -0.15) is 5.10 Å². The third kappa shape index (κ3) is 2.52. The first-order chi connectivity index (χ1) is 11.5. The average Bonchev–Trinajstić information content (AvgIpc) is 2.98. The number of pyridine rings is 1. The first-order valence-electron chi connectivity index (χ1n) is 7.78. The van der Waals surface area contributed by atoms with Crippen molar-refractivity contribution in [3.8, 4) is 0 Å². The Morgan fingerprint density at radius 2 is 2.17 bits per heavy atom. The lowest BCUT2D eigenvalue weighted by Gasteiger charge is -2.35. The molecule has 0 radical (unpaired) electrons. The van der Waals surface area contributed by atoms with Crippen LogP contribution in [0.25, 0.3) is 5.52 Å². The van der Waals surface area contributed by atoms with Crippen LogP contribution in [0.5, 0.6) is 0 Å². The normalized spacial score (nSPS) is 17.1. The van der Waals surface area contributed by atoms with Crippen LogP contribution >= 0.6 is 27.5 Å². The van der Waals surface area contributed by atoms with Gasteiger partial charge in [0.15, 0.2) is 5.69 Å². The Bertz CT molecular complexity index is 953. The van der Waals surface area contributed by atoms with E-state index < -0.39 is 0 Å². The lowest BCUT2D eigenvalue weighted by molar-refractivity contribution is 0.0671. The summed E-state index contributed by atoms with van der Waals surface area (Å²) in [6.07, 6.45) is 2.55. The molecule has 1 unspecified atom stereocenters. The van der Waals surface area contributed by atoms with Crippen molar-refractivity contribution in [3.63, 3.8) is 0 Å². The van der Waals surface area contributed by atoms with E-state index in [1.165, 1.54) is 11.1 Å². The number of hydrogen-bond acceptors (Lipinski definition) is 2. The van der Waals surface area contributed by atoms with Crippen LogP contribution < -0.4 is 0 Å². The highest BCUT2D eigenvalue weighted by molar-refractivity contribution is 9.10. The minimum absolute atomic E-state index is 0.0205. The van der Waals surface area contributed by atoms with Gasteiger partial charge in [0.05, 0.1) is 16.6 Å². The molecular formula is C18H15BrClN3O. The van der Waals surface area contributed by atoms with Gasteiger partial charge in [-0.15, -0.1) is 0 Å². The largest absolute Gasteiger partial charge is 0.330 e. The van der Waals surface area contributed by atoms with Gasteiger partial charge in [-0.05, 0) is 48.7 Å². The number of rotatable bonds is 1. The molecule has 0 N–H and O–H groups in total. The second-order valence-corrected chi connectivity index (χ2v) is 7.27. The summed E-state index contributed by atoms with van der Waals surface area (Å²) in [6.45, 7) is 2.75. The van der Waals surface area contributed by atoms with Crippen LogP contribution in [0.3, 0.4) is 0 Å². The average molecular weight is 405 g/mol. The quantitative estimate of drug-likeness (QED) is 0.598. The number of amides is 1. The van der Waals surface area contributed by atoms with Crippen molar-refractivity contribution in [2.24, 2.45) is 0 Å². The molecule has 0 bridgehead atoms. The van der Waals surface area contributed by atoms with Crippen LogP contribution in [0.15, 0.2) is 47.1 Å². The molecule has 6 heteroatoms. The molecule has 1 aromatic carbocycles. The maximum atomic E-state index is 13.0. The lowest BCUT2D eigenvalue weighted by Crippen LogP contribution is -2.39. The number of aromatic nitrogens is 2. The van der Waals surface area contributed by atoms with E-state index in [0.717, 1.165) is 16.4 Å². The molecule has 122 valence electrons. The van der Waals surface area contributed by atoms with Gasteiger partial charge in [-0.25, -0.2) is 4.52 Å². The summed E-state index contributed by atoms with van der Waals surface area (Å²) in [6, 6.07) is 11.6. The molecular weight excluding hydrogens is 390 g/mol. The van der Waals surface area contributed by atoms with Crippen LogP contribution in [-0.2, 0) is 6.42 Å². The molecule has 0 spiro atoms. The van der Waals surface area contributed by atoms with Crippen molar-refractivity contribution in [3.05, 3.63) is 68.9 Å². The number of fused-ring (bicyclic) bond motifs is 2. The van der Waals surface area contributed by atoms with Crippen LogP contribution in [0.1, 0.15) is 34.6 Å². The first kappa shape index (κ1) is 15.7. The standard InChI is InChI=1S/C18H15BrClN3O/c1-11-14-3-2-4-16(19)15(14)7-8-22(11)18(24)17-9-13-6-5-12(20)10-23(13)21-17/h2-6,9-11H,7-8H2,1H3. The second kappa shape index (κ2) is 5.90. The van der Waals surface area contributed by atoms with Gasteiger partial charge in [0.25, 0.3) is 5.91 Å². The summed E-state index contributed by atoms with van der Waals surface area (Å²) >= 11 is 9.60. The number of halogens is 2. The molecule has 1 aliphatic heterocycles. The molecule has 0 saturated carbocycles. The minimum Gasteiger partial charge on any atom is -0.330 e. The molecule has 1 amide bonds. The Hall–Kier alpha value is -1.85. The van der Waals surface area contributed by atoms with Gasteiger partial charge < -0.3 is 4.90 Å². The third-order valence-corrected chi connectivity index (χ3v) is 5.55. The van der Waals surface area contributed by atoms with Crippen molar-refractivity contribution in [1.29, 1.82) is 0 Å². The molecule has 0 saturated heterocycles. The maximum Gasteiger partial charge on any atom is 0.274 e. The van der Waals surface area contributed by atoms with Gasteiger partial charge >= 0.3 is 0 Å². The summed E-state index contributed by atoms with van der Waals surface area (Å²) in [7, 11) is 0. The predicted molar refractivity (Wildman–Crippen MR) is 97.5 cm³/mol. The van der Waals surface area contributed by atoms with E-state index in [-0.39, 0.29) is 11.9 Å². The van der Waals surface area contributed by atoms with Crippen LogP contribution in [0.4, 0.5) is 0 Å². The fourth-order valence-corrected chi connectivity index (χ4v) is 4.05. The summed E-state index contributed by atoms with van der Waals surface area (Å²) in [5.41, 5.74) is 3.78. The topological polar surface area (TPSA) is 37.6 Å². The Labute approximate surface area is 153 Å². The first-order valence-corrected chi connectivity index (χ1v) is 8.95. The van der Waals surface area contributed by atoms with E-state index in [9.17, 15) is 4.79 Å². The van der Waals surface area contributed by atoms with E-state index in [4.69, 9.17) is 11.6 Å². The smallest absolute Gasteiger partial charge is 0.274 e. The van der Waals surface area contributed by atoms with Gasteiger partial charge in [0.1, 0.15) is 0 Å². The Morgan fingerprint density at radius 1 is 1.33 bits per heavy atom. The second-order valence-electron chi connectivity index (χ2n) is 5.98. The zero-order valence-corrected chi connectivity index (χ0v) is 15.4. The van der Waals surface area contributed by atoms with Crippen LogP contribution in [0, 0.1) is 0 Å². The highest BCUT2D eigenvalue weighted by Gasteiger charge is 2.30. The summed E-state index contributed by atoms with van der Waals surface area (Å²) in [5.74, 6) is -0.0482. The number of carbonyl (C=O) groups is 1. The molecule has 4 rings (SSSR count). The highest BCUT2D eigenvalue weighted by Crippen LogP contribution is 2.34. The van der Waals surface area contributed by atoms with E-state index in [1.807, 2.05) is 23.1 Å². The maximum absolute atomic E-state index is 13.0. The molecule has 0 fully saturated rings. The Kier molecular flexibility index (Phi) is 3.85. The number of hydrogen-bond donors (Lipinski definition) is 0. The van der Waals surface area contributed by atoms with Gasteiger partial charge in [0, 0.05) is 17.2 Å². The van der Waals surface area contributed by atoms with Crippen molar-refractivity contribution >= 4 is 39.0 Å². The molecule has 1 aliphatic rings. The van der Waals surface area contributed by atoms with E-state index in [0.29, 0.717) is 17.3 Å². The van der Waals surface area contributed by atoms with Crippen molar-refractivity contribution < 1.29 is 4.79 Å².